The Kier molecular flexibility index (Phi) is 4.61. The number of carbonyl (C=O) groups is 1. The second-order valence-electron chi connectivity index (χ2n) is 5.78. The zero-order valence-corrected chi connectivity index (χ0v) is 11.6. The van der Waals surface area contributed by atoms with E-state index >= 15 is 0 Å². The molecular formula is C14H25NO2. The first-order chi connectivity index (χ1) is 7.83. The number of likely N-dealkylation sites (tertiary alicyclic amines) is 1. The molecule has 0 aromatic rings. The molecule has 1 aliphatic rings. The Morgan fingerprint density at radius 3 is 2.65 bits per heavy atom. The van der Waals surface area contributed by atoms with Crippen LogP contribution in [0.2, 0.25) is 0 Å². The van der Waals surface area contributed by atoms with E-state index in [0.29, 0.717) is 5.92 Å². The third-order valence-electron chi connectivity index (χ3n) is 3.10. The van der Waals surface area contributed by atoms with Gasteiger partial charge in [-0.15, -0.1) is 0 Å². The minimum Gasteiger partial charge on any atom is -0.444 e. The highest BCUT2D eigenvalue weighted by molar-refractivity contribution is 5.68. The lowest BCUT2D eigenvalue weighted by atomic mass is 9.90. The van der Waals surface area contributed by atoms with Gasteiger partial charge in [0.25, 0.3) is 0 Å². The fraction of sp³-hybridized carbons (Fsp3) is 0.786. The molecule has 17 heavy (non-hydrogen) atoms. The van der Waals surface area contributed by atoms with Crippen molar-refractivity contribution in [1.82, 2.24) is 4.90 Å². The van der Waals surface area contributed by atoms with Gasteiger partial charge in [0.2, 0.25) is 0 Å². The monoisotopic (exact) mass is 239 g/mol. The molecule has 0 aliphatic carbocycles. The van der Waals surface area contributed by atoms with Crippen molar-refractivity contribution >= 4 is 6.09 Å². The molecule has 98 valence electrons. The van der Waals surface area contributed by atoms with Crippen LogP contribution in [-0.4, -0.2) is 29.7 Å². The third kappa shape index (κ3) is 4.41. The van der Waals surface area contributed by atoms with Crippen LogP contribution < -0.4 is 0 Å². The Morgan fingerprint density at radius 1 is 1.47 bits per heavy atom. The van der Waals surface area contributed by atoms with Crippen molar-refractivity contribution in [3.05, 3.63) is 12.2 Å². The van der Waals surface area contributed by atoms with E-state index in [4.69, 9.17) is 4.74 Å². The molecule has 0 radical (unpaired) electrons. The van der Waals surface area contributed by atoms with E-state index in [9.17, 15) is 4.79 Å². The van der Waals surface area contributed by atoms with Gasteiger partial charge in [-0.05, 0) is 46.0 Å². The molecular weight excluding hydrogens is 214 g/mol. The molecule has 0 saturated carbocycles. The van der Waals surface area contributed by atoms with E-state index < -0.39 is 5.60 Å². The lowest BCUT2D eigenvalue weighted by Gasteiger charge is -2.34. The molecule has 1 atom stereocenters. The van der Waals surface area contributed by atoms with Crippen LogP contribution in [-0.2, 0) is 4.74 Å². The van der Waals surface area contributed by atoms with Crippen molar-refractivity contribution < 1.29 is 9.53 Å². The van der Waals surface area contributed by atoms with Crippen LogP contribution in [0.3, 0.4) is 0 Å². The molecule has 1 amide bonds. The quantitative estimate of drug-likeness (QED) is 0.689. The first-order valence-corrected chi connectivity index (χ1v) is 6.49. The summed E-state index contributed by atoms with van der Waals surface area (Å²) in [4.78, 5) is 13.8. The smallest absolute Gasteiger partial charge is 0.410 e. The van der Waals surface area contributed by atoms with Gasteiger partial charge in [0.15, 0.2) is 0 Å². The van der Waals surface area contributed by atoms with Crippen LogP contribution in [0.4, 0.5) is 4.79 Å². The normalized spacial score (nSPS) is 21.2. The Balaban J connectivity index is 2.55. The largest absolute Gasteiger partial charge is 0.444 e. The lowest BCUT2D eigenvalue weighted by Crippen LogP contribution is -2.43. The van der Waals surface area contributed by atoms with Gasteiger partial charge in [-0.1, -0.05) is 19.1 Å². The van der Waals surface area contributed by atoms with Gasteiger partial charge >= 0.3 is 6.09 Å². The van der Waals surface area contributed by atoms with E-state index in [-0.39, 0.29) is 6.09 Å². The number of amides is 1. The Bertz CT molecular complexity index is 291. The molecule has 1 rings (SSSR count). The standard InChI is InChI=1S/C14H25NO2/c1-6-11(2)12-8-7-9-15(10-12)13(16)17-14(3,4)5/h12H,2,6-10H2,1,3-5H3. The Morgan fingerprint density at radius 2 is 2.12 bits per heavy atom. The van der Waals surface area contributed by atoms with E-state index in [1.807, 2.05) is 25.7 Å². The highest BCUT2D eigenvalue weighted by Gasteiger charge is 2.28. The van der Waals surface area contributed by atoms with Gasteiger partial charge in [0.05, 0.1) is 0 Å². The molecule has 0 aromatic carbocycles. The number of hydrogen-bond acceptors (Lipinski definition) is 2. The topological polar surface area (TPSA) is 29.5 Å². The van der Waals surface area contributed by atoms with Crippen molar-refractivity contribution in [3.63, 3.8) is 0 Å². The Labute approximate surface area is 105 Å². The van der Waals surface area contributed by atoms with Gasteiger partial charge in [-0.25, -0.2) is 4.79 Å². The molecule has 1 fully saturated rings. The van der Waals surface area contributed by atoms with Crippen LogP contribution in [0, 0.1) is 5.92 Å². The molecule has 3 nitrogen and oxygen atoms in total. The molecule has 1 saturated heterocycles. The fourth-order valence-electron chi connectivity index (χ4n) is 2.09. The summed E-state index contributed by atoms with van der Waals surface area (Å²) in [5.41, 5.74) is 0.837. The molecule has 1 aliphatic heterocycles. The first kappa shape index (κ1) is 14.1. The van der Waals surface area contributed by atoms with Gasteiger partial charge in [-0.2, -0.15) is 0 Å². The van der Waals surface area contributed by atoms with Crippen molar-refractivity contribution in [2.24, 2.45) is 5.92 Å². The van der Waals surface area contributed by atoms with Gasteiger partial charge in [0, 0.05) is 13.1 Å². The van der Waals surface area contributed by atoms with Crippen molar-refractivity contribution in [2.45, 2.75) is 52.6 Å². The number of ether oxygens (including phenoxy) is 1. The highest BCUT2D eigenvalue weighted by atomic mass is 16.6. The number of rotatable bonds is 2. The zero-order valence-electron chi connectivity index (χ0n) is 11.6. The summed E-state index contributed by atoms with van der Waals surface area (Å²) in [5, 5.41) is 0. The zero-order chi connectivity index (χ0) is 13.1. The molecule has 0 bridgehead atoms. The number of nitrogens with zero attached hydrogens (tertiary/aromatic N) is 1. The lowest BCUT2D eigenvalue weighted by molar-refractivity contribution is 0.0181. The number of hydrogen-bond donors (Lipinski definition) is 0. The molecule has 0 aromatic heterocycles. The van der Waals surface area contributed by atoms with Crippen LogP contribution in [0.1, 0.15) is 47.0 Å². The molecule has 3 heteroatoms. The highest BCUT2D eigenvalue weighted by Crippen LogP contribution is 2.25. The maximum absolute atomic E-state index is 11.9. The van der Waals surface area contributed by atoms with Crippen molar-refractivity contribution in [1.29, 1.82) is 0 Å². The predicted octanol–water partition coefficient (Wildman–Crippen LogP) is 3.60. The maximum Gasteiger partial charge on any atom is 0.410 e. The SMILES string of the molecule is C=C(CC)C1CCCN(C(=O)OC(C)(C)C)C1. The van der Waals surface area contributed by atoms with E-state index in [1.54, 1.807) is 0 Å². The first-order valence-electron chi connectivity index (χ1n) is 6.49. The minimum absolute atomic E-state index is 0.189. The number of piperidine rings is 1. The average molecular weight is 239 g/mol. The van der Waals surface area contributed by atoms with E-state index in [1.165, 1.54) is 5.57 Å². The molecule has 0 spiro atoms. The van der Waals surface area contributed by atoms with E-state index in [0.717, 1.165) is 32.4 Å². The summed E-state index contributed by atoms with van der Waals surface area (Å²) in [7, 11) is 0. The van der Waals surface area contributed by atoms with Crippen molar-refractivity contribution in [2.75, 3.05) is 13.1 Å². The molecule has 1 heterocycles. The van der Waals surface area contributed by atoms with E-state index in [2.05, 4.69) is 13.5 Å². The number of carbonyl (C=O) groups excluding carboxylic acids is 1. The van der Waals surface area contributed by atoms with Crippen molar-refractivity contribution in [3.8, 4) is 0 Å². The molecule has 1 unspecified atom stereocenters. The van der Waals surface area contributed by atoms with Gasteiger partial charge in [-0.3, -0.25) is 0 Å². The minimum atomic E-state index is -0.411. The van der Waals surface area contributed by atoms with Crippen LogP contribution in [0.15, 0.2) is 12.2 Å². The summed E-state index contributed by atoms with van der Waals surface area (Å²) in [6.07, 6.45) is 2.99. The van der Waals surface area contributed by atoms with Crippen LogP contribution >= 0.6 is 0 Å². The Hall–Kier alpha value is -0.990. The summed E-state index contributed by atoms with van der Waals surface area (Å²) < 4.78 is 5.40. The van der Waals surface area contributed by atoms with Gasteiger partial charge in [0.1, 0.15) is 5.60 Å². The van der Waals surface area contributed by atoms with Crippen LogP contribution in [0.5, 0.6) is 0 Å². The summed E-state index contributed by atoms with van der Waals surface area (Å²) in [6, 6.07) is 0. The summed E-state index contributed by atoms with van der Waals surface area (Å²) in [6.45, 7) is 13.5. The fourth-order valence-corrected chi connectivity index (χ4v) is 2.09. The maximum atomic E-state index is 11.9. The third-order valence-corrected chi connectivity index (χ3v) is 3.10. The van der Waals surface area contributed by atoms with Gasteiger partial charge < -0.3 is 9.64 Å². The average Bonchev–Trinajstić information content (AvgIpc) is 2.26. The molecule has 0 N–H and O–H groups in total. The summed E-state index contributed by atoms with van der Waals surface area (Å²) in [5.74, 6) is 0.446. The summed E-state index contributed by atoms with van der Waals surface area (Å²) >= 11 is 0. The second kappa shape index (κ2) is 5.56. The second-order valence-corrected chi connectivity index (χ2v) is 5.78. The van der Waals surface area contributed by atoms with Crippen LogP contribution in [0.25, 0.3) is 0 Å². The predicted molar refractivity (Wildman–Crippen MR) is 70.0 cm³/mol.